The molecule has 2 aliphatic rings. The second-order valence-corrected chi connectivity index (χ2v) is 7.31. The number of amides is 2. The predicted molar refractivity (Wildman–Crippen MR) is 106 cm³/mol. The van der Waals surface area contributed by atoms with Crippen LogP contribution in [0.1, 0.15) is 18.4 Å². The van der Waals surface area contributed by atoms with Crippen LogP contribution in [-0.4, -0.2) is 92.7 Å². The van der Waals surface area contributed by atoms with Gasteiger partial charge < -0.3 is 19.3 Å². The third-order valence-corrected chi connectivity index (χ3v) is 5.52. The molecule has 7 heteroatoms. The Hall–Kier alpha value is -2.12. The van der Waals surface area contributed by atoms with E-state index in [0.29, 0.717) is 39.0 Å². The van der Waals surface area contributed by atoms with Crippen molar-refractivity contribution in [2.24, 2.45) is 0 Å². The Morgan fingerprint density at radius 2 is 1.46 bits per heavy atom. The number of piperazine rings is 1. The van der Waals surface area contributed by atoms with Gasteiger partial charge in [0.05, 0.1) is 20.3 Å². The highest BCUT2D eigenvalue weighted by Gasteiger charge is 2.24. The normalized spacial score (nSPS) is 18.2. The molecule has 2 saturated heterocycles. The summed E-state index contributed by atoms with van der Waals surface area (Å²) in [6.45, 7) is 6.65. The van der Waals surface area contributed by atoms with E-state index in [0.717, 1.165) is 50.6 Å². The van der Waals surface area contributed by atoms with Crippen LogP contribution < -0.4 is 4.74 Å². The van der Waals surface area contributed by atoms with Crippen LogP contribution in [0.25, 0.3) is 0 Å². The monoisotopic (exact) mass is 389 g/mol. The molecule has 0 saturated carbocycles. The van der Waals surface area contributed by atoms with Crippen molar-refractivity contribution in [3.05, 3.63) is 29.8 Å². The molecule has 2 fully saturated rings. The number of rotatable bonds is 7. The van der Waals surface area contributed by atoms with Gasteiger partial charge in [0.15, 0.2) is 0 Å². The van der Waals surface area contributed by atoms with Crippen molar-refractivity contribution in [1.29, 1.82) is 0 Å². The van der Waals surface area contributed by atoms with Crippen molar-refractivity contribution in [2.75, 3.05) is 66.1 Å². The van der Waals surface area contributed by atoms with Crippen LogP contribution in [-0.2, 0) is 20.7 Å². The molecule has 2 aliphatic heterocycles. The van der Waals surface area contributed by atoms with Crippen molar-refractivity contribution in [3.63, 3.8) is 0 Å². The third-order valence-electron chi connectivity index (χ3n) is 5.52. The molecule has 1 aromatic carbocycles. The average molecular weight is 389 g/mol. The Kier molecular flexibility index (Phi) is 7.68. The van der Waals surface area contributed by atoms with E-state index in [4.69, 9.17) is 9.47 Å². The third kappa shape index (κ3) is 5.94. The van der Waals surface area contributed by atoms with Gasteiger partial charge >= 0.3 is 0 Å². The standard InChI is InChI=1S/C21H31N3O4/c1-27-19-5-2-18(3-6-19)4-7-20(25)23-10-12-24(13-11-23)21(26)8-9-22-14-16-28-17-15-22/h2-3,5-6H,4,7-17H2,1H3. The van der Waals surface area contributed by atoms with Crippen molar-refractivity contribution in [1.82, 2.24) is 14.7 Å². The topological polar surface area (TPSA) is 62.3 Å². The highest BCUT2D eigenvalue weighted by Crippen LogP contribution is 2.14. The van der Waals surface area contributed by atoms with Gasteiger partial charge in [-0.3, -0.25) is 14.5 Å². The molecular formula is C21H31N3O4. The fraction of sp³-hybridized carbons (Fsp3) is 0.619. The molecule has 0 spiro atoms. The number of aryl methyl sites for hydroxylation is 1. The van der Waals surface area contributed by atoms with Gasteiger partial charge in [-0.1, -0.05) is 12.1 Å². The van der Waals surface area contributed by atoms with E-state index in [1.807, 2.05) is 34.1 Å². The summed E-state index contributed by atoms with van der Waals surface area (Å²) in [6.07, 6.45) is 1.77. The van der Waals surface area contributed by atoms with Crippen LogP contribution in [0.2, 0.25) is 0 Å². The van der Waals surface area contributed by atoms with Crippen LogP contribution >= 0.6 is 0 Å². The number of morpholine rings is 1. The van der Waals surface area contributed by atoms with Gasteiger partial charge in [-0.05, 0) is 24.1 Å². The van der Waals surface area contributed by atoms with Gasteiger partial charge in [-0.15, -0.1) is 0 Å². The van der Waals surface area contributed by atoms with E-state index < -0.39 is 0 Å². The SMILES string of the molecule is COc1ccc(CCC(=O)N2CCN(C(=O)CCN3CCOCC3)CC2)cc1. The zero-order chi connectivity index (χ0) is 19.8. The van der Waals surface area contributed by atoms with E-state index in [1.54, 1.807) is 7.11 Å². The first-order valence-corrected chi connectivity index (χ1v) is 10.1. The summed E-state index contributed by atoms with van der Waals surface area (Å²) in [5.41, 5.74) is 1.13. The van der Waals surface area contributed by atoms with E-state index in [2.05, 4.69) is 4.90 Å². The Balaban J connectivity index is 1.35. The molecular weight excluding hydrogens is 358 g/mol. The molecule has 2 amide bonds. The largest absolute Gasteiger partial charge is 0.497 e. The number of methoxy groups -OCH3 is 1. The highest BCUT2D eigenvalue weighted by atomic mass is 16.5. The summed E-state index contributed by atoms with van der Waals surface area (Å²) < 4.78 is 10.5. The van der Waals surface area contributed by atoms with Crippen LogP contribution in [0.5, 0.6) is 5.75 Å². The molecule has 1 aromatic rings. The van der Waals surface area contributed by atoms with E-state index >= 15 is 0 Å². The van der Waals surface area contributed by atoms with Gasteiger partial charge in [0.2, 0.25) is 11.8 Å². The molecule has 0 atom stereocenters. The molecule has 2 heterocycles. The summed E-state index contributed by atoms with van der Waals surface area (Å²) in [7, 11) is 1.64. The van der Waals surface area contributed by atoms with Gasteiger partial charge in [-0.25, -0.2) is 0 Å². The molecule has 28 heavy (non-hydrogen) atoms. The molecule has 0 bridgehead atoms. The summed E-state index contributed by atoms with van der Waals surface area (Å²) in [5.74, 6) is 1.18. The second-order valence-electron chi connectivity index (χ2n) is 7.31. The number of carbonyl (C=O) groups excluding carboxylic acids is 2. The Labute approximate surface area is 167 Å². The molecule has 0 unspecified atom stereocenters. The van der Waals surface area contributed by atoms with Gasteiger partial charge in [0, 0.05) is 58.7 Å². The molecule has 0 aromatic heterocycles. The lowest BCUT2D eigenvalue weighted by molar-refractivity contribution is -0.139. The van der Waals surface area contributed by atoms with Crippen molar-refractivity contribution in [3.8, 4) is 5.75 Å². The average Bonchev–Trinajstić information content (AvgIpc) is 2.77. The van der Waals surface area contributed by atoms with Crippen molar-refractivity contribution >= 4 is 11.8 Å². The van der Waals surface area contributed by atoms with Crippen molar-refractivity contribution in [2.45, 2.75) is 19.3 Å². The highest BCUT2D eigenvalue weighted by molar-refractivity contribution is 5.78. The van der Waals surface area contributed by atoms with Crippen molar-refractivity contribution < 1.29 is 19.1 Å². The number of nitrogens with zero attached hydrogens (tertiary/aromatic N) is 3. The fourth-order valence-electron chi connectivity index (χ4n) is 3.64. The zero-order valence-electron chi connectivity index (χ0n) is 16.8. The zero-order valence-corrected chi connectivity index (χ0v) is 16.8. The van der Waals surface area contributed by atoms with E-state index in [1.165, 1.54) is 0 Å². The molecule has 0 aliphatic carbocycles. The number of hydrogen-bond donors (Lipinski definition) is 0. The summed E-state index contributed by atoms with van der Waals surface area (Å²) in [6, 6.07) is 7.83. The number of hydrogen-bond acceptors (Lipinski definition) is 5. The smallest absolute Gasteiger partial charge is 0.223 e. The summed E-state index contributed by atoms with van der Waals surface area (Å²) >= 11 is 0. The maximum absolute atomic E-state index is 12.5. The molecule has 0 N–H and O–H groups in total. The minimum absolute atomic E-state index is 0.163. The summed E-state index contributed by atoms with van der Waals surface area (Å²) in [5, 5.41) is 0. The first kappa shape index (κ1) is 20.6. The number of carbonyl (C=O) groups is 2. The quantitative estimate of drug-likeness (QED) is 0.697. The maximum Gasteiger partial charge on any atom is 0.223 e. The Bertz CT molecular complexity index is 636. The number of benzene rings is 1. The molecule has 7 nitrogen and oxygen atoms in total. The molecule has 3 rings (SSSR count). The minimum atomic E-state index is 0.163. The first-order chi connectivity index (χ1) is 13.7. The van der Waals surface area contributed by atoms with Crippen LogP contribution in [0.3, 0.4) is 0 Å². The van der Waals surface area contributed by atoms with Crippen LogP contribution in [0.4, 0.5) is 0 Å². The first-order valence-electron chi connectivity index (χ1n) is 10.1. The maximum atomic E-state index is 12.5. The van der Waals surface area contributed by atoms with Crippen LogP contribution in [0.15, 0.2) is 24.3 Å². The van der Waals surface area contributed by atoms with E-state index in [-0.39, 0.29) is 11.8 Å². The Morgan fingerprint density at radius 3 is 2.04 bits per heavy atom. The lowest BCUT2D eigenvalue weighted by Crippen LogP contribution is -2.51. The molecule has 154 valence electrons. The van der Waals surface area contributed by atoms with Crippen LogP contribution in [0, 0.1) is 0 Å². The lowest BCUT2D eigenvalue weighted by Gasteiger charge is -2.35. The summed E-state index contributed by atoms with van der Waals surface area (Å²) in [4.78, 5) is 31.0. The van der Waals surface area contributed by atoms with Gasteiger partial charge in [-0.2, -0.15) is 0 Å². The lowest BCUT2D eigenvalue weighted by atomic mass is 10.1. The van der Waals surface area contributed by atoms with E-state index in [9.17, 15) is 9.59 Å². The second kappa shape index (κ2) is 10.4. The molecule has 0 radical (unpaired) electrons. The van der Waals surface area contributed by atoms with Gasteiger partial charge in [0.1, 0.15) is 5.75 Å². The van der Waals surface area contributed by atoms with Gasteiger partial charge in [0.25, 0.3) is 0 Å². The fourth-order valence-corrected chi connectivity index (χ4v) is 3.64. The predicted octanol–water partition coefficient (Wildman–Crippen LogP) is 1.02. The Morgan fingerprint density at radius 1 is 0.893 bits per heavy atom. The minimum Gasteiger partial charge on any atom is -0.497 e. The number of ether oxygens (including phenoxy) is 2.